The Morgan fingerprint density at radius 2 is 1.38 bits per heavy atom. The van der Waals surface area contributed by atoms with Crippen molar-refractivity contribution in [3.63, 3.8) is 0 Å². The van der Waals surface area contributed by atoms with Crippen molar-refractivity contribution in [1.29, 1.82) is 0 Å². The van der Waals surface area contributed by atoms with E-state index < -0.39 is 114 Å². The van der Waals surface area contributed by atoms with Gasteiger partial charge in [0.05, 0.1) is 6.61 Å². The first-order valence-electron chi connectivity index (χ1n) is 15.1. The lowest BCUT2D eigenvalue weighted by atomic mass is 9.99. The molecule has 3 aromatic rings. The normalized spacial score (nSPS) is 27.8. The molecule has 5 rings (SSSR count). The molecule has 2 saturated heterocycles. The quantitative estimate of drug-likeness (QED) is 0.119. The molecule has 18 heteroatoms. The van der Waals surface area contributed by atoms with E-state index in [1.54, 1.807) is 0 Å². The fraction of sp³-hybridized carbons (Fsp3) is 0.438. The molecule has 0 aliphatic carbocycles. The van der Waals surface area contributed by atoms with Crippen LogP contribution in [0.4, 0.5) is 0 Å². The third-order valence-electron chi connectivity index (χ3n) is 7.70. The largest absolute Gasteiger partial charge is 0.508 e. The number of phenolic OH excluding ortho intramolecular Hbond substituents is 3. The standard InChI is InChI=1S/C32H34O18/c1-12(33)43-11-21-28(45-13(2)34)30(46-14(3)35)32(49-21)44-10-20-23(39)25(41)26(42)31(48-20)50-29-24(40)22-18(38)8-17(37)9-19(22)47-27(29)15-4-6-16(36)7-5-15/h4-9,20-21,23,25-26,28,30-32,36-39,41-42H,10-11H2,1-3H3/t20?,21-,23+,25?,26?,28+,30?,31-,32+/m0/s1. The molecule has 2 fully saturated rings. The summed E-state index contributed by atoms with van der Waals surface area (Å²) in [6.45, 7) is 2.25. The van der Waals surface area contributed by atoms with Crippen LogP contribution < -0.4 is 10.2 Å². The Bertz CT molecular complexity index is 1790. The number of hydrogen-bond acceptors (Lipinski definition) is 18. The van der Waals surface area contributed by atoms with Gasteiger partial charge in [0.2, 0.25) is 17.5 Å². The van der Waals surface area contributed by atoms with Gasteiger partial charge < -0.3 is 68.2 Å². The van der Waals surface area contributed by atoms with Crippen molar-refractivity contribution < 1.29 is 82.6 Å². The summed E-state index contributed by atoms with van der Waals surface area (Å²) < 4.78 is 44.4. The molecule has 2 aromatic carbocycles. The molecule has 270 valence electrons. The van der Waals surface area contributed by atoms with Gasteiger partial charge >= 0.3 is 17.9 Å². The number of aliphatic hydroxyl groups excluding tert-OH is 3. The summed E-state index contributed by atoms with van der Waals surface area (Å²) in [6, 6.07) is 7.24. The van der Waals surface area contributed by atoms with Crippen molar-refractivity contribution in [2.24, 2.45) is 0 Å². The van der Waals surface area contributed by atoms with E-state index in [1.165, 1.54) is 24.3 Å². The molecule has 6 N–H and O–H groups in total. The van der Waals surface area contributed by atoms with Crippen LogP contribution in [0.1, 0.15) is 20.8 Å². The lowest BCUT2D eigenvalue weighted by Gasteiger charge is -2.40. The molecular formula is C32H34O18. The number of ether oxygens (including phenoxy) is 7. The molecular weight excluding hydrogens is 672 g/mol. The average molecular weight is 707 g/mol. The van der Waals surface area contributed by atoms with Gasteiger partial charge in [-0.3, -0.25) is 19.2 Å². The summed E-state index contributed by atoms with van der Waals surface area (Å²) in [6.07, 6.45) is -14.5. The third-order valence-corrected chi connectivity index (χ3v) is 7.70. The minimum Gasteiger partial charge on any atom is -0.508 e. The topological polar surface area (TPSA) is 267 Å². The van der Waals surface area contributed by atoms with E-state index in [1.807, 2.05) is 0 Å². The fourth-order valence-corrected chi connectivity index (χ4v) is 5.45. The summed E-state index contributed by atoms with van der Waals surface area (Å²) in [5, 5.41) is 62.2. The minimum atomic E-state index is -1.98. The molecule has 4 unspecified atom stereocenters. The zero-order valence-electron chi connectivity index (χ0n) is 26.7. The minimum absolute atomic E-state index is 0.125. The molecule has 2 aliphatic heterocycles. The Kier molecular flexibility index (Phi) is 10.8. The van der Waals surface area contributed by atoms with Crippen LogP contribution in [0.5, 0.6) is 23.0 Å². The number of phenols is 3. The maximum Gasteiger partial charge on any atom is 0.303 e. The van der Waals surface area contributed by atoms with E-state index in [2.05, 4.69) is 0 Å². The predicted octanol–water partition coefficient (Wildman–Crippen LogP) is -0.0688. The highest BCUT2D eigenvalue weighted by Gasteiger charge is 2.52. The number of benzene rings is 2. The first-order valence-corrected chi connectivity index (χ1v) is 15.1. The fourth-order valence-electron chi connectivity index (χ4n) is 5.45. The number of carbonyl (C=O) groups is 3. The Morgan fingerprint density at radius 3 is 2.02 bits per heavy atom. The summed E-state index contributed by atoms with van der Waals surface area (Å²) in [4.78, 5) is 48.9. The predicted molar refractivity (Wildman–Crippen MR) is 163 cm³/mol. The van der Waals surface area contributed by atoms with Gasteiger partial charge in [0.15, 0.2) is 24.3 Å². The zero-order valence-corrected chi connectivity index (χ0v) is 26.7. The number of aromatic hydroxyl groups is 3. The van der Waals surface area contributed by atoms with Crippen LogP contribution in [-0.2, 0) is 42.8 Å². The van der Waals surface area contributed by atoms with Crippen molar-refractivity contribution in [3.8, 4) is 34.3 Å². The molecule has 18 nitrogen and oxygen atoms in total. The van der Waals surface area contributed by atoms with Crippen LogP contribution in [0.3, 0.4) is 0 Å². The van der Waals surface area contributed by atoms with E-state index in [-0.39, 0.29) is 22.7 Å². The number of esters is 3. The van der Waals surface area contributed by atoms with Crippen molar-refractivity contribution in [2.45, 2.75) is 76.1 Å². The van der Waals surface area contributed by atoms with Gasteiger partial charge in [-0.1, -0.05) is 0 Å². The monoisotopic (exact) mass is 706 g/mol. The van der Waals surface area contributed by atoms with E-state index in [0.717, 1.165) is 32.9 Å². The number of fused-ring (bicyclic) bond motifs is 1. The van der Waals surface area contributed by atoms with E-state index >= 15 is 0 Å². The second-order valence-electron chi connectivity index (χ2n) is 11.4. The molecule has 1 aromatic heterocycles. The van der Waals surface area contributed by atoms with E-state index in [9.17, 15) is 49.8 Å². The zero-order chi connectivity index (χ0) is 36.4. The third kappa shape index (κ3) is 7.75. The maximum absolute atomic E-state index is 13.7. The van der Waals surface area contributed by atoms with Gasteiger partial charge in [0, 0.05) is 38.5 Å². The van der Waals surface area contributed by atoms with Gasteiger partial charge in [0.1, 0.15) is 65.3 Å². The van der Waals surface area contributed by atoms with Gasteiger partial charge in [-0.05, 0) is 24.3 Å². The molecule has 0 saturated carbocycles. The second kappa shape index (κ2) is 14.9. The average Bonchev–Trinajstić information content (AvgIpc) is 3.34. The number of aliphatic hydroxyl groups is 3. The van der Waals surface area contributed by atoms with Crippen LogP contribution >= 0.6 is 0 Å². The second-order valence-corrected chi connectivity index (χ2v) is 11.4. The Morgan fingerprint density at radius 1 is 0.740 bits per heavy atom. The van der Waals surface area contributed by atoms with Gasteiger partial charge in [-0.2, -0.15) is 0 Å². The Labute approximate surface area is 281 Å². The molecule has 9 atom stereocenters. The van der Waals surface area contributed by atoms with Crippen molar-refractivity contribution in [2.75, 3.05) is 13.2 Å². The Balaban J connectivity index is 1.43. The molecule has 2 aliphatic rings. The molecule has 0 spiro atoms. The molecule has 50 heavy (non-hydrogen) atoms. The highest BCUT2D eigenvalue weighted by molar-refractivity contribution is 5.88. The van der Waals surface area contributed by atoms with E-state index in [4.69, 9.17) is 37.6 Å². The van der Waals surface area contributed by atoms with Gasteiger partial charge in [0.25, 0.3) is 0 Å². The summed E-state index contributed by atoms with van der Waals surface area (Å²) in [5.74, 6) is -4.38. The van der Waals surface area contributed by atoms with Gasteiger partial charge in [-0.25, -0.2) is 0 Å². The number of carbonyl (C=O) groups excluding carboxylic acids is 3. The lowest BCUT2D eigenvalue weighted by molar-refractivity contribution is -0.290. The SMILES string of the molecule is CC(=O)OC[C@@H]1O[C@@H](OCC2O[C@@H](Oc3c(-c4ccc(O)cc4)oc4cc(O)cc(O)c4c3=O)C(O)C(O)[C@@H]2O)C(OC(C)=O)[C@@H]1OC(C)=O. The van der Waals surface area contributed by atoms with Crippen LogP contribution in [0.15, 0.2) is 45.6 Å². The Hall–Kier alpha value is -4.98. The summed E-state index contributed by atoms with van der Waals surface area (Å²) >= 11 is 0. The first kappa shape index (κ1) is 36.3. The lowest BCUT2D eigenvalue weighted by Crippen LogP contribution is -2.60. The first-order chi connectivity index (χ1) is 23.6. The highest BCUT2D eigenvalue weighted by Crippen LogP contribution is 2.38. The van der Waals surface area contributed by atoms with E-state index in [0.29, 0.717) is 0 Å². The molecule has 0 radical (unpaired) electrons. The van der Waals surface area contributed by atoms with Crippen LogP contribution in [0.2, 0.25) is 0 Å². The highest BCUT2D eigenvalue weighted by atomic mass is 16.8. The van der Waals surface area contributed by atoms with Crippen LogP contribution in [-0.4, -0.2) is 117 Å². The van der Waals surface area contributed by atoms with Crippen LogP contribution in [0, 0.1) is 0 Å². The number of hydrogen-bond donors (Lipinski definition) is 6. The molecule has 0 bridgehead atoms. The van der Waals surface area contributed by atoms with Crippen molar-refractivity contribution >= 4 is 28.9 Å². The van der Waals surface area contributed by atoms with Crippen LogP contribution in [0.25, 0.3) is 22.3 Å². The maximum atomic E-state index is 13.7. The van der Waals surface area contributed by atoms with Crippen molar-refractivity contribution in [3.05, 3.63) is 46.6 Å². The van der Waals surface area contributed by atoms with Gasteiger partial charge in [-0.15, -0.1) is 0 Å². The van der Waals surface area contributed by atoms with Crippen molar-refractivity contribution in [1.82, 2.24) is 0 Å². The summed E-state index contributed by atoms with van der Waals surface area (Å²) in [5.41, 5.74) is -1.05. The smallest absolute Gasteiger partial charge is 0.303 e. The summed E-state index contributed by atoms with van der Waals surface area (Å²) in [7, 11) is 0. The molecule has 0 amide bonds. The molecule has 3 heterocycles. The number of rotatable bonds is 10.